The number of benzene rings is 2. The standard InChI is InChI=1S/C18H17F3N2O5S/c1-28-16-9-8-12(23(24)25)11-17(16)29(26,27)22-10-4-7-15(22)13-5-2-3-6-14(13)18(19,20)21/h2-3,5-6,8-9,11,15H,4,7,10H2,1H3. The number of non-ortho nitro benzene ring substituents is 1. The van der Waals surface area contributed by atoms with E-state index in [0.29, 0.717) is 6.42 Å². The van der Waals surface area contributed by atoms with Gasteiger partial charge in [-0.3, -0.25) is 10.1 Å². The molecule has 1 fully saturated rings. The van der Waals surface area contributed by atoms with E-state index in [-0.39, 0.29) is 24.3 Å². The third-order valence-corrected chi connectivity index (χ3v) is 6.70. The first kappa shape index (κ1) is 21.1. The third kappa shape index (κ3) is 3.92. The zero-order valence-corrected chi connectivity index (χ0v) is 16.0. The Morgan fingerprint density at radius 2 is 1.90 bits per heavy atom. The van der Waals surface area contributed by atoms with Crippen LogP contribution in [0.1, 0.15) is 30.0 Å². The van der Waals surface area contributed by atoms with Crippen LogP contribution < -0.4 is 4.74 Å². The Morgan fingerprint density at radius 3 is 2.52 bits per heavy atom. The fourth-order valence-corrected chi connectivity index (χ4v) is 5.34. The molecule has 0 aliphatic carbocycles. The van der Waals surface area contributed by atoms with E-state index in [9.17, 15) is 31.7 Å². The van der Waals surface area contributed by atoms with Gasteiger partial charge < -0.3 is 4.74 Å². The molecule has 11 heteroatoms. The Bertz CT molecular complexity index is 1040. The van der Waals surface area contributed by atoms with Crippen molar-refractivity contribution < 1.29 is 31.2 Å². The SMILES string of the molecule is COc1ccc([N+](=O)[O-])cc1S(=O)(=O)N1CCCC1c1ccccc1C(F)(F)F. The summed E-state index contributed by atoms with van der Waals surface area (Å²) in [5.74, 6) is -0.120. The highest BCUT2D eigenvalue weighted by atomic mass is 32.2. The largest absolute Gasteiger partial charge is 0.495 e. The van der Waals surface area contributed by atoms with Crippen LogP contribution in [0.5, 0.6) is 5.75 Å². The lowest BCUT2D eigenvalue weighted by Crippen LogP contribution is -2.32. The van der Waals surface area contributed by atoms with Gasteiger partial charge in [-0.15, -0.1) is 0 Å². The van der Waals surface area contributed by atoms with Crippen LogP contribution in [0.25, 0.3) is 0 Å². The Labute approximate surface area is 164 Å². The van der Waals surface area contributed by atoms with Gasteiger partial charge in [-0.05, 0) is 30.5 Å². The summed E-state index contributed by atoms with van der Waals surface area (Å²) in [6.45, 7) is -0.00889. The summed E-state index contributed by atoms with van der Waals surface area (Å²) in [6.07, 6.45) is -4.09. The van der Waals surface area contributed by atoms with Gasteiger partial charge in [0.2, 0.25) is 10.0 Å². The minimum Gasteiger partial charge on any atom is -0.495 e. The van der Waals surface area contributed by atoms with Crippen LogP contribution in [0, 0.1) is 10.1 Å². The second-order valence-corrected chi connectivity index (χ2v) is 8.31. The highest BCUT2D eigenvalue weighted by molar-refractivity contribution is 7.89. The molecule has 1 atom stereocenters. The van der Waals surface area contributed by atoms with Crippen molar-refractivity contribution in [1.82, 2.24) is 4.31 Å². The number of sulfonamides is 1. The molecule has 0 radical (unpaired) electrons. The average molecular weight is 430 g/mol. The molecule has 1 aliphatic heterocycles. The second kappa shape index (κ2) is 7.64. The first-order chi connectivity index (χ1) is 13.6. The van der Waals surface area contributed by atoms with Crippen LogP contribution in [0.3, 0.4) is 0 Å². The van der Waals surface area contributed by atoms with Crippen LogP contribution in [-0.2, 0) is 16.2 Å². The minimum absolute atomic E-state index is 0.00889. The van der Waals surface area contributed by atoms with E-state index >= 15 is 0 Å². The zero-order chi connectivity index (χ0) is 21.4. The molecule has 0 aromatic heterocycles. The van der Waals surface area contributed by atoms with Crippen LogP contribution in [-0.4, -0.2) is 31.3 Å². The van der Waals surface area contributed by atoms with Gasteiger partial charge in [0.25, 0.3) is 5.69 Å². The van der Waals surface area contributed by atoms with Gasteiger partial charge in [-0.25, -0.2) is 8.42 Å². The predicted octanol–water partition coefficient (Wildman–Crippen LogP) is 4.15. The summed E-state index contributed by atoms with van der Waals surface area (Å²) in [7, 11) is -3.15. The fraction of sp³-hybridized carbons (Fsp3) is 0.333. The fourth-order valence-electron chi connectivity index (χ4n) is 3.49. The number of nitro benzene ring substituents is 1. The third-order valence-electron chi connectivity index (χ3n) is 4.77. The van der Waals surface area contributed by atoms with E-state index in [1.54, 1.807) is 0 Å². The number of alkyl halides is 3. The van der Waals surface area contributed by atoms with Gasteiger partial charge in [0.1, 0.15) is 10.6 Å². The zero-order valence-electron chi connectivity index (χ0n) is 15.2. The van der Waals surface area contributed by atoms with Crippen molar-refractivity contribution in [2.24, 2.45) is 0 Å². The molecule has 0 amide bonds. The van der Waals surface area contributed by atoms with Crippen molar-refractivity contribution in [3.63, 3.8) is 0 Å². The number of hydrogen-bond donors (Lipinski definition) is 0. The van der Waals surface area contributed by atoms with E-state index in [2.05, 4.69) is 0 Å². The molecule has 1 aliphatic rings. The first-order valence-electron chi connectivity index (χ1n) is 8.57. The topological polar surface area (TPSA) is 89.7 Å². The van der Waals surface area contributed by atoms with Crippen molar-refractivity contribution >= 4 is 15.7 Å². The van der Waals surface area contributed by atoms with E-state index < -0.39 is 43.3 Å². The highest BCUT2D eigenvalue weighted by Crippen LogP contribution is 2.43. The van der Waals surface area contributed by atoms with E-state index in [1.165, 1.54) is 25.3 Å². The molecule has 0 saturated carbocycles. The summed E-state index contributed by atoms with van der Waals surface area (Å²) < 4.78 is 72.9. The molecule has 0 N–H and O–H groups in total. The molecule has 1 saturated heterocycles. The molecular weight excluding hydrogens is 413 g/mol. The molecule has 29 heavy (non-hydrogen) atoms. The maximum absolute atomic E-state index is 13.4. The lowest BCUT2D eigenvalue weighted by Gasteiger charge is -2.27. The van der Waals surface area contributed by atoms with Crippen molar-refractivity contribution in [1.29, 1.82) is 0 Å². The Balaban J connectivity index is 2.11. The molecule has 1 unspecified atom stereocenters. The maximum Gasteiger partial charge on any atom is 0.416 e. The second-order valence-electron chi connectivity index (χ2n) is 6.45. The first-order valence-corrected chi connectivity index (χ1v) is 10.0. The molecule has 1 heterocycles. The Kier molecular flexibility index (Phi) is 5.54. The van der Waals surface area contributed by atoms with Gasteiger partial charge in [-0.2, -0.15) is 17.5 Å². The predicted molar refractivity (Wildman–Crippen MR) is 97.0 cm³/mol. The number of nitro groups is 1. The smallest absolute Gasteiger partial charge is 0.416 e. The van der Waals surface area contributed by atoms with Crippen molar-refractivity contribution in [3.05, 3.63) is 63.7 Å². The number of methoxy groups -OCH3 is 1. The van der Waals surface area contributed by atoms with Gasteiger partial charge in [-0.1, -0.05) is 18.2 Å². The quantitative estimate of drug-likeness (QED) is 0.525. The summed E-state index contributed by atoms with van der Waals surface area (Å²) in [5.41, 5.74) is -1.51. The van der Waals surface area contributed by atoms with Gasteiger partial charge in [0.05, 0.1) is 23.6 Å². The lowest BCUT2D eigenvalue weighted by atomic mass is 9.99. The normalized spacial score (nSPS) is 18.0. The Morgan fingerprint density at radius 1 is 1.21 bits per heavy atom. The monoisotopic (exact) mass is 430 g/mol. The molecular formula is C18H17F3N2O5S. The van der Waals surface area contributed by atoms with Crippen LogP contribution in [0.4, 0.5) is 18.9 Å². The van der Waals surface area contributed by atoms with Gasteiger partial charge in [0.15, 0.2) is 0 Å². The Hall–Kier alpha value is -2.66. The van der Waals surface area contributed by atoms with Crippen molar-refractivity contribution in [2.45, 2.75) is 30.0 Å². The maximum atomic E-state index is 13.4. The lowest BCUT2D eigenvalue weighted by molar-refractivity contribution is -0.385. The molecule has 0 bridgehead atoms. The summed E-state index contributed by atoms with van der Waals surface area (Å²) >= 11 is 0. The van der Waals surface area contributed by atoms with Crippen LogP contribution >= 0.6 is 0 Å². The van der Waals surface area contributed by atoms with Crippen LogP contribution in [0.15, 0.2) is 47.4 Å². The molecule has 0 spiro atoms. The number of ether oxygens (including phenoxy) is 1. The number of rotatable bonds is 5. The van der Waals surface area contributed by atoms with E-state index in [4.69, 9.17) is 4.74 Å². The van der Waals surface area contributed by atoms with Gasteiger partial charge >= 0.3 is 6.18 Å². The summed E-state index contributed by atoms with van der Waals surface area (Å²) in [4.78, 5) is 9.87. The number of hydrogen-bond acceptors (Lipinski definition) is 5. The number of halogens is 3. The average Bonchev–Trinajstić information content (AvgIpc) is 3.17. The highest BCUT2D eigenvalue weighted by Gasteiger charge is 2.42. The minimum atomic E-state index is -4.64. The van der Waals surface area contributed by atoms with Crippen molar-refractivity contribution in [2.75, 3.05) is 13.7 Å². The molecule has 7 nitrogen and oxygen atoms in total. The molecule has 2 aromatic rings. The molecule has 2 aromatic carbocycles. The summed E-state index contributed by atoms with van der Waals surface area (Å²) in [5, 5.41) is 11.1. The van der Waals surface area contributed by atoms with Crippen LogP contribution in [0.2, 0.25) is 0 Å². The molecule has 3 rings (SSSR count). The summed E-state index contributed by atoms with van der Waals surface area (Å²) in [6, 6.07) is 6.89. The number of nitrogens with zero attached hydrogens (tertiary/aromatic N) is 2. The van der Waals surface area contributed by atoms with Gasteiger partial charge in [0, 0.05) is 18.7 Å². The van der Waals surface area contributed by atoms with Crippen molar-refractivity contribution in [3.8, 4) is 5.75 Å². The molecule has 156 valence electrons. The van der Waals surface area contributed by atoms with E-state index in [0.717, 1.165) is 28.6 Å². The van der Waals surface area contributed by atoms with E-state index in [1.807, 2.05) is 0 Å².